The molecule has 0 fully saturated rings. The van der Waals surface area contributed by atoms with Crippen molar-refractivity contribution in [3.63, 3.8) is 0 Å². The first-order valence-corrected chi connectivity index (χ1v) is 7.18. The van der Waals surface area contributed by atoms with Crippen LogP contribution in [0.1, 0.15) is 44.4 Å². The molecule has 0 aliphatic rings. The predicted molar refractivity (Wildman–Crippen MR) is 77.9 cm³/mol. The van der Waals surface area contributed by atoms with Crippen LogP contribution in [0.25, 0.3) is 0 Å². The van der Waals surface area contributed by atoms with Crippen LogP contribution in [0.3, 0.4) is 0 Å². The van der Waals surface area contributed by atoms with Crippen molar-refractivity contribution in [3.8, 4) is 0 Å². The summed E-state index contributed by atoms with van der Waals surface area (Å²) in [6.45, 7) is 8.23. The minimum absolute atomic E-state index is 0.0114. The second-order valence-corrected chi connectivity index (χ2v) is 6.42. The molecular formula is C13H18N4O2S. The van der Waals surface area contributed by atoms with Crippen LogP contribution in [-0.2, 0) is 5.41 Å². The predicted octanol–water partition coefficient (Wildman–Crippen LogP) is 3.31. The highest BCUT2D eigenvalue weighted by molar-refractivity contribution is 7.09. The van der Waals surface area contributed by atoms with E-state index in [0.29, 0.717) is 5.82 Å². The van der Waals surface area contributed by atoms with Gasteiger partial charge in [-0.15, -0.1) is 11.3 Å². The van der Waals surface area contributed by atoms with Crippen molar-refractivity contribution in [2.45, 2.75) is 39.2 Å². The van der Waals surface area contributed by atoms with Crippen LogP contribution >= 0.6 is 11.3 Å². The number of amides is 2. The van der Waals surface area contributed by atoms with Crippen molar-refractivity contribution < 1.29 is 9.32 Å². The van der Waals surface area contributed by atoms with Gasteiger partial charge in [-0.05, 0) is 6.92 Å². The average molecular weight is 294 g/mol. The second kappa shape index (κ2) is 5.62. The van der Waals surface area contributed by atoms with Gasteiger partial charge < -0.3 is 9.84 Å². The molecule has 6 nitrogen and oxygen atoms in total. The lowest BCUT2D eigenvalue weighted by atomic mass is 9.93. The Bertz CT molecular complexity index is 571. The molecule has 0 bridgehead atoms. The zero-order chi connectivity index (χ0) is 14.8. The molecule has 2 aromatic rings. The van der Waals surface area contributed by atoms with Gasteiger partial charge in [-0.1, -0.05) is 25.9 Å². The molecule has 0 aromatic carbocycles. The number of hydrogen-bond acceptors (Lipinski definition) is 5. The molecular weight excluding hydrogens is 276 g/mol. The molecule has 2 aromatic heterocycles. The fraction of sp³-hybridized carbons (Fsp3) is 0.462. The summed E-state index contributed by atoms with van der Waals surface area (Å²) < 4.78 is 4.64. The smallest absolute Gasteiger partial charge is 0.321 e. The van der Waals surface area contributed by atoms with Crippen molar-refractivity contribution in [1.82, 2.24) is 15.5 Å². The fourth-order valence-corrected chi connectivity index (χ4v) is 2.57. The van der Waals surface area contributed by atoms with Gasteiger partial charge in [-0.2, -0.15) is 0 Å². The van der Waals surface area contributed by atoms with Crippen LogP contribution in [0.15, 0.2) is 22.2 Å². The van der Waals surface area contributed by atoms with Gasteiger partial charge in [0.1, 0.15) is 11.3 Å². The number of urea groups is 1. The lowest BCUT2D eigenvalue weighted by molar-refractivity contribution is 0.249. The van der Waals surface area contributed by atoms with E-state index in [1.165, 1.54) is 6.26 Å². The van der Waals surface area contributed by atoms with Crippen molar-refractivity contribution in [3.05, 3.63) is 28.4 Å². The summed E-state index contributed by atoms with van der Waals surface area (Å²) >= 11 is 1.55. The van der Waals surface area contributed by atoms with Crippen LogP contribution in [0.2, 0.25) is 0 Å². The van der Waals surface area contributed by atoms with Crippen LogP contribution in [0.4, 0.5) is 10.6 Å². The topological polar surface area (TPSA) is 80.0 Å². The molecule has 20 heavy (non-hydrogen) atoms. The zero-order valence-electron chi connectivity index (χ0n) is 11.9. The molecule has 1 atom stereocenters. The number of carbonyl (C=O) groups is 1. The largest absolute Gasteiger partial charge is 0.363 e. The highest BCUT2D eigenvalue weighted by Gasteiger charge is 2.20. The Labute approximate surface area is 121 Å². The van der Waals surface area contributed by atoms with Crippen molar-refractivity contribution in [1.29, 1.82) is 0 Å². The van der Waals surface area contributed by atoms with Gasteiger partial charge in [0.05, 0.1) is 11.7 Å². The first kappa shape index (κ1) is 14.5. The molecule has 0 radical (unpaired) electrons. The zero-order valence-corrected chi connectivity index (χ0v) is 12.7. The van der Waals surface area contributed by atoms with Gasteiger partial charge >= 0.3 is 6.03 Å². The summed E-state index contributed by atoms with van der Waals surface area (Å²) in [6.07, 6.45) is 1.40. The molecule has 2 rings (SSSR count). The summed E-state index contributed by atoms with van der Waals surface area (Å²) in [7, 11) is 0. The Morgan fingerprint density at radius 1 is 1.45 bits per heavy atom. The molecule has 0 saturated carbocycles. The van der Waals surface area contributed by atoms with E-state index in [1.54, 1.807) is 17.4 Å². The number of hydrogen-bond donors (Lipinski definition) is 2. The molecule has 0 saturated heterocycles. The Kier molecular flexibility index (Phi) is 4.08. The summed E-state index contributed by atoms with van der Waals surface area (Å²) in [5.41, 5.74) is 1.04. The van der Waals surface area contributed by atoms with Crippen LogP contribution in [-0.4, -0.2) is 16.2 Å². The monoisotopic (exact) mass is 294 g/mol. The lowest BCUT2D eigenvalue weighted by Gasteiger charge is -2.15. The standard InChI is InChI=1S/C13H18N4O2S/c1-8(11-15-9(7-20-11)13(2,3)4)14-12(18)16-10-5-6-19-17-10/h5-8H,1-4H3,(H2,14,16,17,18). The summed E-state index contributed by atoms with van der Waals surface area (Å²) in [5, 5.41) is 11.9. The third-order valence-corrected chi connectivity index (χ3v) is 3.72. The third-order valence-electron chi connectivity index (χ3n) is 2.69. The molecule has 7 heteroatoms. The molecule has 2 amide bonds. The number of anilines is 1. The van der Waals surface area contributed by atoms with Gasteiger partial charge in [-0.25, -0.2) is 9.78 Å². The first-order chi connectivity index (χ1) is 9.36. The molecule has 0 spiro atoms. The van der Waals surface area contributed by atoms with E-state index in [9.17, 15) is 4.79 Å². The molecule has 0 aliphatic carbocycles. The number of thiazole rings is 1. The maximum atomic E-state index is 11.8. The van der Waals surface area contributed by atoms with Gasteiger partial charge in [0.15, 0.2) is 5.82 Å². The molecule has 2 N–H and O–H groups in total. The van der Waals surface area contributed by atoms with Crippen LogP contribution in [0.5, 0.6) is 0 Å². The quantitative estimate of drug-likeness (QED) is 0.910. The normalized spacial score (nSPS) is 13.0. The van der Waals surface area contributed by atoms with Gasteiger partial charge in [0.25, 0.3) is 0 Å². The Hall–Kier alpha value is -1.89. The van der Waals surface area contributed by atoms with Gasteiger partial charge in [-0.3, -0.25) is 5.32 Å². The number of nitrogens with one attached hydrogen (secondary N) is 2. The highest BCUT2D eigenvalue weighted by atomic mass is 32.1. The summed E-state index contributed by atoms with van der Waals surface area (Å²) in [6, 6.07) is 1.08. The number of rotatable bonds is 3. The third kappa shape index (κ3) is 3.57. The van der Waals surface area contributed by atoms with Crippen molar-refractivity contribution in [2.24, 2.45) is 0 Å². The molecule has 2 heterocycles. The number of carbonyl (C=O) groups excluding carboxylic acids is 1. The fourth-order valence-electron chi connectivity index (χ4n) is 1.52. The Morgan fingerprint density at radius 2 is 2.20 bits per heavy atom. The van der Waals surface area contributed by atoms with Crippen LogP contribution < -0.4 is 10.6 Å². The number of aromatic nitrogens is 2. The lowest BCUT2D eigenvalue weighted by Crippen LogP contribution is -2.31. The van der Waals surface area contributed by atoms with Gasteiger partial charge in [0.2, 0.25) is 0 Å². The minimum atomic E-state index is -0.334. The first-order valence-electron chi connectivity index (χ1n) is 6.30. The summed E-state index contributed by atoms with van der Waals surface area (Å²) in [4.78, 5) is 16.3. The minimum Gasteiger partial charge on any atom is -0.363 e. The highest BCUT2D eigenvalue weighted by Crippen LogP contribution is 2.26. The molecule has 1 unspecified atom stereocenters. The van der Waals surface area contributed by atoms with E-state index in [1.807, 2.05) is 12.3 Å². The Balaban J connectivity index is 1.96. The van der Waals surface area contributed by atoms with Gasteiger partial charge in [0, 0.05) is 16.9 Å². The van der Waals surface area contributed by atoms with Crippen LogP contribution in [0, 0.1) is 0 Å². The molecule has 0 aliphatic heterocycles. The Morgan fingerprint density at radius 3 is 2.75 bits per heavy atom. The van der Waals surface area contributed by atoms with E-state index in [0.717, 1.165) is 10.7 Å². The van der Waals surface area contributed by atoms with Crippen molar-refractivity contribution >= 4 is 23.2 Å². The molecule has 108 valence electrons. The van der Waals surface area contributed by atoms with E-state index >= 15 is 0 Å². The van der Waals surface area contributed by atoms with E-state index in [2.05, 4.69) is 46.1 Å². The second-order valence-electron chi connectivity index (χ2n) is 5.53. The van der Waals surface area contributed by atoms with Crippen molar-refractivity contribution in [2.75, 3.05) is 5.32 Å². The van der Waals surface area contributed by atoms with E-state index in [-0.39, 0.29) is 17.5 Å². The average Bonchev–Trinajstić information content (AvgIpc) is 2.97. The maximum Gasteiger partial charge on any atom is 0.321 e. The summed E-state index contributed by atoms with van der Waals surface area (Å²) in [5.74, 6) is 0.379. The van der Waals surface area contributed by atoms with E-state index < -0.39 is 0 Å². The maximum absolute atomic E-state index is 11.8. The van der Waals surface area contributed by atoms with E-state index in [4.69, 9.17) is 0 Å². The number of nitrogens with zero attached hydrogens (tertiary/aromatic N) is 2. The SMILES string of the molecule is CC(NC(=O)Nc1ccon1)c1nc(C(C)(C)C)cs1.